The highest BCUT2D eigenvalue weighted by molar-refractivity contribution is 7.80. The van der Waals surface area contributed by atoms with Crippen molar-refractivity contribution in [1.29, 1.82) is 0 Å². The van der Waals surface area contributed by atoms with E-state index in [2.05, 4.69) is 28.6 Å². The minimum atomic E-state index is -1.37. The Hall–Kier alpha value is -3.12. The first-order valence-corrected chi connectivity index (χ1v) is 11.9. The monoisotopic (exact) mass is 509 g/mol. The van der Waals surface area contributed by atoms with Crippen LogP contribution >= 0.6 is 12.6 Å². The summed E-state index contributed by atoms with van der Waals surface area (Å²) in [5.41, 5.74) is 11.5. The van der Waals surface area contributed by atoms with Crippen LogP contribution in [0.4, 0.5) is 0 Å². The van der Waals surface area contributed by atoms with Crippen LogP contribution in [0.3, 0.4) is 0 Å². The SMILES string of the molecule is CC(C)CC(NC(=O)C(N)CS)C(=O)NC(Cc1ccccc1)C(=O)NC(CCC(N)=O)C(=O)O. The average Bonchev–Trinajstić information content (AvgIpc) is 2.79. The molecule has 11 nitrogen and oxygen atoms in total. The number of carbonyl (C=O) groups excluding carboxylic acids is 4. The minimum Gasteiger partial charge on any atom is -0.480 e. The van der Waals surface area contributed by atoms with Gasteiger partial charge in [-0.2, -0.15) is 12.6 Å². The van der Waals surface area contributed by atoms with Gasteiger partial charge in [0.1, 0.15) is 18.1 Å². The van der Waals surface area contributed by atoms with E-state index < -0.39 is 53.8 Å². The quantitative estimate of drug-likeness (QED) is 0.152. The maximum Gasteiger partial charge on any atom is 0.326 e. The highest BCUT2D eigenvalue weighted by Crippen LogP contribution is 2.09. The normalized spacial score (nSPS) is 14.3. The van der Waals surface area contributed by atoms with Crippen molar-refractivity contribution in [1.82, 2.24) is 16.0 Å². The molecule has 4 unspecified atom stereocenters. The molecule has 8 N–H and O–H groups in total. The Balaban J connectivity index is 3.11. The first-order valence-electron chi connectivity index (χ1n) is 11.3. The first kappa shape index (κ1) is 29.9. The highest BCUT2D eigenvalue weighted by Gasteiger charge is 2.30. The van der Waals surface area contributed by atoms with Gasteiger partial charge in [0.25, 0.3) is 0 Å². The summed E-state index contributed by atoms with van der Waals surface area (Å²) in [6.07, 6.45) is -0.0805. The molecule has 0 spiro atoms. The third-order valence-electron chi connectivity index (χ3n) is 5.08. The third kappa shape index (κ3) is 11.2. The number of nitrogens with two attached hydrogens (primary N) is 2. The van der Waals surface area contributed by atoms with Crippen LogP contribution in [0.15, 0.2) is 30.3 Å². The molecule has 4 amide bonds. The van der Waals surface area contributed by atoms with E-state index in [1.807, 2.05) is 13.8 Å². The third-order valence-corrected chi connectivity index (χ3v) is 5.48. The van der Waals surface area contributed by atoms with E-state index in [1.54, 1.807) is 30.3 Å². The lowest BCUT2D eigenvalue weighted by molar-refractivity contribution is -0.142. The van der Waals surface area contributed by atoms with E-state index in [4.69, 9.17) is 11.5 Å². The van der Waals surface area contributed by atoms with Gasteiger partial charge in [0.2, 0.25) is 23.6 Å². The molecule has 4 atom stereocenters. The van der Waals surface area contributed by atoms with Crippen molar-refractivity contribution < 1.29 is 29.1 Å². The molecule has 1 aromatic carbocycles. The Bertz CT molecular complexity index is 882. The topological polar surface area (TPSA) is 194 Å². The van der Waals surface area contributed by atoms with Gasteiger partial charge in [-0.15, -0.1) is 0 Å². The molecule has 0 fully saturated rings. The Kier molecular flexibility index (Phi) is 12.8. The molecule has 0 saturated carbocycles. The van der Waals surface area contributed by atoms with Crippen LogP contribution in [-0.4, -0.2) is 64.6 Å². The smallest absolute Gasteiger partial charge is 0.326 e. The van der Waals surface area contributed by atoms with Crippen molar-refractivity contribution in [2.24, 2.45) is 17.4 Å². The van der Waals surface area contributed by atoms with Gasteiger partial charge < -0.3 is 32.5 Å². The zero-order valence-corrected chi connectivity index (χ0v) is 20.8. The number of rotatable bonds is 15. The summed E-state index contributed by atoms with van der Waals surface area (Å²) in [5.74, 6) is -3.84. The van der Waals surface area contributed by atoms with E-state index in [9.17, 15) is 29.1 Å². The van der Waals surface area contributed by atoms with Crippen molar-refractivity contribution in [2.75, 3.05) is 5.75 Å². The van der Waals surface area contributed by atoms with Crippen molar-refractivity contribution in [3.8, 4) is 0 Å². The fourth-order valence-electron chi connectivity index (χ4n) is 3.21. The van der Waals surface area contributed by atoms with Crippen LogP contribution in [0.1, 0.15) is 38.7 Å². The summed E-state index contributed by atoms with van der Waals surface area (Å²) in [6, 6.07) is 4.44. The number of primary amides is 1. The molecule has 12 heteroatoms. The number of nitrogens with one attached hydrogen (secondary N) is 3. The minimum absolute atomic E-state index is 0.0323. The Morgan fingerprint density at radius 2 is 1.46 bits per heavy atom. The molecular formula is C23H35N5O6S. The molecule has 0 saturated heterocycles. The number of amides is 4. The summed E-state index contributed by atoms with van der Waals surface area (Å²) in [6.45, 7) is 3.74. The van der Waals surface area contributed by atoms with Crippen molar-refractivity contribution >= 4 is 42.2 Å². The van der Waals surface area contributed by atoms with Gasteiger partial charge in [-0.1, -0.05) is 44.2 Å². The standard InChI is InChI=1S/C23H35N5O6S/c1-13(2)10-17(27-20(30)15(24)12-35)21(31)28-18(11-14-6-4-3-5-7-14)22(32)26-16(23(33)34)8-9-19(25)29/h3-7,13,15-18,35H,8-12,24H2,1-2H3,(H2,25,29)(H,26,32)(H,27,30)(H,28,31)(H,33,34). The van der Waals surface area contributed by atoms with Gasteiger partial charge in [-0.25, -0.2) is 4.79 Å². The van der Waals surface area contributed by atoms with Crippen LogP contribution in [0.25, 0.3) is 0 Å². The van der Waals surface area contributed by atoms with E-state index in [1.165, 1.54) is 0 Å². The molecule has 0 aliphatic rings. The second-order valence-corrected chi connectivity index (χ2v) is 9.00. The van der Waals surface area contributed by atoms with E-state index >= 15 is 0 Å². The van der Waals surface area contributed by atoms with Crippen LogP contribution < -0.4 is 27.4 Å². The van der Waals surface area contributed by atoms with E-state index in [0.29, 0.717) is 0 Å². The molecular weight excluding hydrogens is 474 g/mol. The molecule has 0 bridgehead atoms. The molecule has 0 heterocycles. The van der Waals surface area contributed by atoms with Crippen molar-refractivity contribution in [3.63, 3.8) is 0 Å². The maximum atomic E-state index is 13.1. The van der Waals surface area contributed by atoms with Crippen LogP contribution in [0, 0.1) is 5.92 Å². The largest absolute Gasteiger partial charge is 0.480 e. The van der Waals surface area contributed by atoms with E-state index in [-0.39, 0.29) is 37.4 Å². The average molecular weight is 510 g/mol. The second-order valence-electron chi connectivity index (χ2n) is 8.64. The Morgan fingerprint density at radius 1 is 0.914 bits per heavy atom. The summed E-state index contributed by atoms with van der Waals surface area (Å²) < 4.78 is 0. The fourth-order valence-corrected chi connectivity index (χ4v) is 3.38. The zero-order chi connectivity index (χ0) is 26.5. The maximum absolute atomic E-state index is 13.1. The molecule has 1 aromatic rings. The highest BCUT2D eigenvalue weighted by atomic mass is 32.1. The second kappa shape index (κ2) is 15.0. The molecule has 194 valence electrons. The number of carbonyl (C=O) groups is 5. The van der Waals surface area contributed by atoms with Gasteiger partial charge in [0.15, 0.2) is 0 Å². The van der Waals surface area contributed by atoms with Crippen molar-refractivity contribution in [2.45, 2.75) is 63.7 Å². The number of aliphatic carboxylic acids is 1. The van der Waals surface area contributed by atoms with Crippen LogP contribution in [0.2, 0.25) is 0 Å². The number of thiol groups is 1. The zero-order valence-electron chi connectivity index (χ0n) is 19.9. The molecule has 0 aliphatic carbocycles. The summed E-state index contributed by atoms with van der Waals surface area (Å²) in [5, 5.41) is 17.0. The van der Waals surface area contributed by atoms with Crippen LogP contribution in [-0.2, 0) is 30.4 Å². The Morgan fingerprint density at radius 3 is 1.97 bits per heavy atom. The van der Waals surface area contributed by atoms with Crippen LogP contribution in [0.5, 0.6) is 0 Å². The molecule has 0 radical (unpaired) electrons. The lowest BCUT2D eigenvalue weighted by Crippen LogP contribution is -2.58. The van der Waals surface area contributed by atoms with Gasteiger partial charge in [0.05, 0.1) is 6.04 Å². The Labute approximate surface area is 210 Å². The summed E-state index contributed by atoms with van der Waals surface area (Å²) in [4.78, 5) is 61.1. The van der Waals surface area contributed by atoms with Gasteiger partial charge in [0, 0.05) is 18.6 Å². The molecule has 0 aromatic heterocycles. The molecule has 1 rings (SSSR count). The molecule has 0 aliphatic heterocycles. The van der Waals surface area contributed by atoms with E-state index in [0.717, 1.165) is 5.56 Å². The summed E-state index contributed by atoms with van der Waals surface area (Å²) >= 11 is 4.00. The number of hydrogen-bond donors (Lipinski definition) is 7. The van der Waals surface area contributed by atoms with Crippen molar-refractivity contribution in [3.05, 3.63) is 35.9 Å². The lowest BCUT2D eigenvalue weighted by atomic mass is 10.0. The van der Waals surface area contributed by atoms with Gasteiger partial charge in [-0.3, -0.25) is 19.2 Å². The lowest BCUT2D eigenvalue weighted by Gasteiger charge is -2.26. The predicted octanol–water partition coefficient (Wildman–Crippen LogP) is -0.663. The fraction of sp³-hybridized carbons (Fsp3) is 0.522. The first-order chi connectivity index (χ1) is 16.4. The van der Waals surface area contributed by atoms with Gasteiger partial charge in [-0.05, 0) is 24.3 Å². The predicted molar refractivity (Wildman–Crippen MR) is 133 cm³/mol. The number of benzene rings is 1. The number of carboxylic acids is 1. The van der Waals surface area contributed by atoms with Gasteiger partial charge >= 0.3 is 5.97 Å². The number of carboxylic acid groups (broad SMARTS) is 1. The summed E-state index contributed by atoms with van der Waals surface area (Å²) in [7, 11) is 0. The number of hydrogen-bond acceptors (Lipinski definition) is 7. The molecule has 35 heavy (non-hydrogen) atoms.